The molecule has 144 valence electrons. The first-order valence-electron chi connectivity index (χ1n) is 8.05. The normalized spacial score (nSPS) is 11.4. The molecule has 0 aliphatic heterocycles. The molecule has 0 spiro atoms. The Labute approximate surface area is 161 Å². The third kappa shape index (κ3) is 5.49. The van der Waals surface area contributed by atoms with Crippen molar-refractivity contribution in [3.63, 3.8) is 0 Å². The fourth-order valence-corrected chi connectivity index (χ4v) is 2.53. The number of nitrogens with zero attached hydrogens (tertiary/aromatic N) is 1. The predicted molar refractivity (Wildman–Crippen MR) is 103 cm³/mol. The molecule has 2 N–H and O–H groups in total. The quantitative estimate of drug-likeness (QED) is 0.525. The lowest BCUT2D eigenvalue weighted by Crippen LogP contribution is -2.37. The van der Waals surface area contributed by atoms with Gasteiger partial charge in [-0.3, -0.25) is 14.9 Å². The van der Waals surface area contributed by atoms with Gasteiger partial charge in [0.1, 0.15) is 17.2 Å². The second-order valence-corrected chi connectivity index (χ2v) is 6.21. The van der Waals surface area contributed by atoms with Crippen LogP contribution in [0.1, 0.15) is 17.3 Å². The van der Waals surface area contributed by atoms with Gasteiger partial charge in [0.05, 0.1) is 19.1 Å². The molecule has 27 heavy (non-hydrogen) atoms. The van der Waals surface area contributed by atoms with Crippen molar-refractivity contribution < 1.29 is 19.2 Å². The Morgan fingerprint density at radius 2 is 1.81 bits per heavy atom. The smallest absolute Gasteiger partial charge is 0.293 e. The number of methoxy groups -OCH3 is 2. The van der Waals surface area contributed by atoms with Crippen molar-refractivity contribution in [1.29, 1.82) is 0 Å². The molecular formula is C18H20ClN3O5. The monoisotopic (exact) mass is 393 g/mol. The maximum absolute atomic E-state index is 12.4. The van der Waals surface area contributed by atoms with Crippen LogP contribution in [0.15, 0.2) is 36.4 Å². The molecule has 0 aliphatic rings. The van der Waals surface area contributed by atoms with Gasteiger partial charge in [0, 0.05) is 35.3 Å². The minimum atomic E-state index is -0.514. The molecule has 0 fully saturated rings. The van der Waals surface area contributed by atoms with E-state index in [0.29, 0.717) is 22.7 Å². The summed E-state index contributed by atoms with van der Waals surface area (Å²) in [5.74, 6) is 0.691. The summed E-state index contributed by atoms with van der Waals surface area (Å²) in [7, 11) is 3.00. The summed E-state index contributed by atoms with van der Waals surface area (Å²) in [6.07, 6.45) is 0. The van der Waals surface area contributed by atoms with E-state index in [-0.39, 0.29) is 29.2 Å². The zero-order valence-corrected chi connectivity index (χ0v) is 15.9. The standard InChI is InChI=1S/C18H20ClN3O5/c1-11(10-20-16-5-4-13(19)8-17(16)22(24)25)21-18(23)12-6-14(26-2)9-15(7-12)27-3/h4-9,11,20H,10H2,1-3H3,(H,21,23). The van der Waals surface area contributed by atoms with Gasteiger partial charge < -0.3 is 20.1 Å². The number of carbonyl (C=O) groups is 1. The van der Waals surface area contributed by atoms with Gasteiger partial charge in [-0.2, -0.15) is 0 Å². The van der Waals surface area contributed by atoms with Crippen molar-refractivity contribution in [2.45, 2.75) is 13.0 Å². The largest absolute Gasteiger partial charge is 0.497 e. The number of benzene rings is 2. The van der Waals surface area contributed by atoms with Crippen molar-refractivity contribution in [1.82, 2.24) is 5.32 Å². The van der Waals surface area contributed by atoms with Crippen molar-refractivity contribution in [2.75, 3.05) is 26.1 Å². The van der Waals surface area contributed by atoms with E-state index in [1.807, 2.05) is 0 Å². The Morgan fingerprint density at radius 3 is 2.37 bits per heavy atom. The summed E-state index contributed by atoms with van der Waals surface area (Å²) < 4.78 is 10.3. The minimum Gasteiger partial charge on any atom is -0.497 e. The molecule has 0 aliphatic carbocycles. The highest BCUT2D eigenvalue weighted by molar-refractivity contribution is 6.30. The highest BCUT2D eigenvalue weighted by Crippen LogP contribution is 2.27. The summed E-state index contributed by atoms with van der Waals surface area (Å²) in [5.41, 5.74) is 0.586. The number of hydrogen-bond donors (Lipinski definition) is 2. The highest BCUT2D eigenvalue weighted by Gasteiger charge is 2.16. The van der Waals surface area contributed by atoms with Crippen LogP contribution in [-0.4, -0.2) is 37.6 Å². The van der Waals surface area contributed by atoms with E-state index < -0.39 is 4.92 Å². The van der Waals surface area contributed by atoms with Crippen molar-refractivity contribution >= 4 is 28.9 Å². The first kappa shape index (κ1) is 20.3. The number of nitrogens with one attached hydrogen (secondary N) is 2. The van der Waals surface area contributed by atoms with Gasteiger partial charge in [-0.15, -0.1) is 0 Å². The molecule has 1 unspecified atom stereocenters. The fraction of sp³-hybridized carbons (Fsp3) is 0.278. The lowest BCUT2D eigenvalue weighted by molar-refractivity contribution is -0.383. The molecule has 0 saturated carbocycles. The van der Waals surface area contributed by atoms with Crippen molar-refractivity contribution in [2.24, 2.45) is 0 Å². The van der Waals surface area contributed by atoms with Gasteiger partial charge in [-0.05, 0) is 31.2 Å². The zero-order chi connectivity index (χ0) is 20.0. The summed E-state index contributed by atoms with van der Waals surface area (Å²) in [6.45, 7) is 2.07. The van der Waals surface area contributed by atoms with Gasteiger partial charge in [0.25, 0.3) is 11.6 Å². The molecule has 0 saturated heterocycles. The Balaban J connectivity index is 2.03. The first-order valence-corrected chi connectivity index (χ1v) is 8.43. The molecule has 0 heterocycles. The molecule has 0 aromatic heterocycles. The van der Waals surface area contributed by atoms with Crippen LogP contribution in [0.25, 0.3) is 0 Å². The average Bonchev–Trinajstić information content (AvgIpc) is 2.66. The number of amides is 1. The number of ether oxygens (including phenoxy) is 2. The van der Waals surface area contributed by atoms with Gasteiger partial charge in [-0.1, -0.05) is 11.6 Å². The first-order chi connectivity index (χ1) is 12.8. The number of nitro benzene ring substituents is 1. The second-order valence-electron chi connectivity index (χ2n) is 5.78. The van der Waals surface area contributed by atoms with E-state index in [4.69, 9.17) is 21.1 Å². The SMILES string of the molecule is COc1cc(OC)cc(C(=O)NC(C)CNc2ccc(Cl)cc2[N+](=O)[O-])c1. The predicted octanol–water partition coefficient (Wildman–Crippen LogP) is 3.50. The molecule has 2 rings (SSSR count). The highest BCUT2D eigenvalue weighted by atomic mass is 35.5. The molecule has 2 aromatic carbocycles. The Bertz CT molecular complexity index is 821. The van der Waals surface area contributed by atoms with E-state index in [9.17, 15) is 14.9 Å². The van der Waals surface area contributed by atoms with Crippen molar-refractivity contribution in [3.8, 4) is 11.5 Å². The van der Waals surface area contributed by atoms with Gasteiger partial charge in [0.15, 0.2) is 0 Å². The molecule has 0 radical (unpaired) electrons. The van der Waals surface area contributed by atoms with Crippen LogP contribution in [0.2, 0.25) is 5.02 Å². The van der Waals surface area contributed by atoms with Gasteiger partial charge in [0.2, 0.25) is 0 Å². The van der Waals surface area contributed by atoms with Crippen LogP contribution in [0.3, 0.4) is 0 Å². The molecular weight excluding hydrogens is 374 g/mol. The number of nitro groups is 1. The van der Waals surface area contributed by atoms with E-state index >= 15 is 0 Å². The number of rotatable bonds is 8. The number of anilines is 1. The summed E-state index contributed by atoms with van der Waals surface area (Å²) in [5, 5.41) is 17.2. The topological polar surface area (TPSA) is 103 Å². The molecule has 1 amide bonds. The number of hydrogen-bond acceptors (Lipinski definition) is 6. The third-order valence-electron chi connectivity index (χ3n) is 3.75. The lowest BCUT2D eigenvalue weighted by Gasteiger charge is -2.16. The van der Waals surface area contributed by atoms with Crippen molar-refractivity contribution in [3.05, 3.63) is 57.1 Å². The molecule has 9 heteroatoms. The van der Waals surface area contributed by atoms with E-state index in [2.05, 4.69) is 10.6 Å². The Hall–Kier alpha value is -3.00. The van der Waals surface area contributed by atoms with Crippen LogP contribution >= 0.6 is 11.6 Å². The zero-order valence-electron chi connectivity index (χ0n) is 15.1. The Morgan fingerprint density at radius 1 is 1.19 bits per heavy atom. The van der Waals surface area contributed by atoms with Crippen LogP contribution in [0, 0.1) is 10.1 Å². The van der Waals surface area contributed by atoms with E-state index in [1.165, 1.54) is 26.4 Å². The second kappa shape index (κ2) is 9.09. The minimum absolute atomic E-state index is 0.126. The maximum atomic E-state index is 12.4. The Kier molecular flexibility index (Phi) is 6.84. The van der Waals surface area contributed by atoms with Gasteiger partial charge >= 0.3 is 0 Å². The lowest BCUT2D eigenvalue weighted by atomic mass is 10.1. The number of carbonyl (C=O) groups excluding carboxylic acids is 1. The summed E-state index contributed by atoms with van der Waals surface area (Å²) in [4.78, 5) is 23.0. The third-order valence-corrected chi connectivity index (χ3v) is 3.98. The fourth-order valence-electron chi connectivity index (χ4n) is 2.37. The molecule has 8 nitrogen and oxygen atoms in total. The van der Waals surface area contributed by atoms with E-state index in [0.717, 1.165) is 0 Å². The van der Waals surface area contributed by atoms with Crippen LogP contribution in [-0.2, 0) is 0 Å². The molecule has 1 atom stereocenters. The number of halogens is 1. The van der Waals surface area contributed by atoms with Crippen LogP contribution < -0.4 is 20.1 Å². The van der Waals surface area contributed by atoms with E-state index in [1.54, 1.807) is 31.2 Å². The molecule has 2 aromatic rings. The maximum Gasteiger partial charge on any atom is 0.293 e. The summed E-state index contributed by atoms with van der Waals surface area (Å²) in [6, 6.07) is 8.93. The summed E-state index contributed by atoms with van der Waals surface area (Å²) >= 11 is 5.80. The average molecular weight is 394 g/mol. The van der Waals surface area contributed by atoms with Gasteiger partial charge in [-0.25, -0.2) is 0 Å². The van der Waals surface area contributed by atoms with Crippen LogP contribution in [0.5, 0.6) is 11.5 Å². The molecule has 0 bridgehead atoms. The van der Waals surface area contributed by atoms with Crippen LogP contribution in [0.4, 0.5) is 11.4 Å².